The Morgan fingerprint density at radius 2 is 1.81 bits per heavy atom. The van der Waals surface area contributed by atoms with Crippen molar-refractivity contribution in [1.29, 1.82) is 0 Å². The molecule has 1 aromatic rings. The molecule has 0 aliphatic carbocycles. The standard InChI is InChI=1S/C17H25NO3/c1-13(12-21-17(3,4)5)10-11-20-16-8-6-15(7-9-16)18-14(2)19/h6-10H,11-12H2,1-5H3,(H,18,19)/b13-10+. The van der Waals surface area contributed by atoms with Gasteiger partial charge in [-0.05, 0) is 63.6 Å². The third-order valence-corrected chi connectivity index (χ3v) is 2.59. The Kier molecular flexibility index (Phi) is 6.43. The summed E-state index contributed by atoms with van der Waals surface area (Å²) in [5.41, 5.74) is 1.77. The van der Waals surface area contributed by atoms with Gasteiger partial charge in [0, 0.05) is 12.6 Å². The first-order valence-corrected chi connectivity index (χ1v) is 7.06. The predicted octanol–water partition coefficient (Wildman–Crippen LogP) is 3.79. The molecule has 0 unspecified atom stereocenters. The van der Waals surface area contributed by atoms with Crippen LogP contribution in [0.15, 0.2) is 35.9 Å². The first-order chi connectivity index (χ1) is 9.76. The molecule has 1 amide bonds. The van der Waals surface area contributed by atoms with Crippen LogP contribution in [0, 0.1) is 0 Å². The van der Waals surface area contributed by atoms with Crippen LogP contribution >= 0.6 is 0 Å². The lowest BCUT2D eigenvalue weighted by Crippen LogP contribution is -2.20. The first-order valence-electron chi connectivity index (χ1n) is 7.06. The van der Waals surface area contributed by atoms with Crippen LogP contribution < -0.4 is 10.1 Å². The number of anilines is 1. The van der Waals surface area contributed by atoms with E-state index in [0.29, 0.717) is 13.2 Å². The monoisotopic (exact) mass is 291 g/mol. The van der Waals surface area contributed by atoms with Gasteiger partial charge < -0.3 is 14.8 Å². The Morgan fingerprint density at radius 3 is 2.33 bits per heavy atom. The molecule has 116 valence electrons. The molecule has 0 fully saturated rings. The minimum absolute atomic E-state index is 0.0823. The zero-order valence-corrected chi connectivity index (χ0v) is 13.5. The molecule has 0 saturated carbocycles. The second kappa shape index (κ2) is 7.84. The lowest BCUT2D eigenvalue weighted by Gasteiger charge is -2.19. The normalized spacial score (nSPS) is 12.1. The highest BCUT2D eigenvalue weighted by molar-refractivity contribution is 5.88. The molecule has 0 aliphatic rings. The van der Waals surface area contributed by atoms with Gasteiger partial charge in [0.25, 0.3) is 0 Å². The number of hydrogen-bond donors (Lipinski definition) is 1. The van der Waals surface area contributed by atoms with E-state index >= 15 is 0 Å². The van der Waals surface area contributed by atoms with Gasteiger partial charge in [0.15, 0.2) is 0 Å². The number of carbonyl (C=O) groups excluding carboxylic acids is 1. The Bertz CT molecular complexity index is 484. The van der Waals surface area contributed by atoms with Crippen molar-refractivity contribution in [2.75, 3.05) is 18.5 Å². The van der Waals surface area contributed by atoms with E-state index in [1.54, 1.807) is 0 Å². The summed E-state index contributed by atoms with van der Waals surface area (Å²) in [5, 5.41) is 2.71. The van der Waals surface area contributed by atoms with Crippen LogP contribution in [0.2, 0.25) is 0 Å². The van der Waals surface area contributed by atoms with Crippen LogP contribution in [-0.2, 0) is 9.53 Å². The molecule has 1 rings (SSSR count). The van der Waals surface area contributed by atoms with Crippen LogP contribution in [0.3, 0.4) is 0 Å². The molecule has 4 nitrogen and oxygen atoms in total. The van der Waals surface area contributed by atoms with E-state index in [9.17, 15) is 4.79 Å². The van der Waals surface area contributed by atoms with Gasteiger partial charge >= 0.3 is 0 Å². The van der Waals surface area contributed by atoms with Gasteiger partial charge in [0.2, 0.25) is 5.91 Å². The van der Waals surface area contributed by atoms with Crippen molar-refractivity contribution in [1.82, 2.24) is 0 Å². The van der Waals surface area contributed by atoms with Crippen molar-refractivity contribution in [2.24, 2.45) is 0 Å². The third-order valence-electron chi connectivity index (χ3n) is 2.59. The van der Waals surface area contributed by atoms with Gasteiger partial charge in [0.1, 0.15) is 12.4 Å². The van der Waals surface area contributed by atoms with Crippen LogP contribution in [-0.4, -0.2) is 24.7 Å². The smallest absolute Gasteiger partial charge is 0.221 e. The fourth-order valence-electron chi connectivity index (χ4n) is 1.51. The second-order valence-electron chi connectivity index (χ2n) is 5.97. The summed E-state index contributed by atoms with van der Waals surface area (Å²) < 4.78 is 11.3. The summed E-state index contributed by atoms with van der Waals surface area (Å²) in [7, 11) is 0. The van der Waals surface area contributed by atoms with E-state index in [1.807, 2.05) is 58.0 Å². The van der Waals surface area contributed by atoms with Crippen LogP contribution in [0.5, 0.6) is 5.75 Å². The highest BCUT2D eigenvalue weighted by Crippen LogP contribution is 2.16. The van der Waals surface area contributed by atoms with Gasteiger partial charge in [-0.15, -0.1) is 0 Å². The topological polar surface area (TPSA) is 47.6 Å². The van der Waals surface area contributed by atoms with Gasteiger partial charge in [-0.25, -0.2) is 0 Å². The molecular formula is C17H25NO3. The Morgan fingerprint density at radius 1 is 1.19 bits per heavy atom. The molecular weight excluding hydrogens is 266 g/mol. The zero-order valence-electron chi connectivity index (χ0n) is 13.5. The quantitative estimate of drug-likeness (QED) is 0.811. The molecule has 0 atom stereocenters. The van der Waals surface area contributed by atoms with E-state index < -0.39 is 0 Å². The fraction of sp³-hybridized carbons (Fsp3) is 0.471. The number of hydrogen-bond acceptors (Lipinski definition) is 3. The molecule has 0 aliphatic heterocycles. The summed E-state index contributed by atoms with van der Waals surface area (Å²) in [6.45, 7) is 10.7. The third kappa shape index (κ3) is 8.15. The summed E-state index contributed by atoms with van der Waals surface area (Å²) in [4.78, 5) is 10.9. The van der Waals surface area contributed by atoms with Crippen molar-refractivity contribution < 1.29 is 14.3 Å². The average Bonchev–Trinajstić information content (AvgIpc) is 2.37. The van der Waals surface area contributed by atoms with Crippen LogP contribution in [0.1, 0.15) is 34.6 Å². The molecule has 1 aromatic carbocycles. The molecule has 0 radical (unpaired) electrons. The predicted molar refractivity (Wildman–Crippen MR) is 85.7 cm³/mol. The second-order valence-corrected chi connectivity index (χ2v) is 5.97. The van der Waals surface area contributed by atoms with E-state index in [-0.39, 0.29) is 11.5 Å². The lowest BCUT2D eigenvalue weighted by molar-refractivity contribution is -0.114. The average molecular weight is 291 g/mol. The molecule has 0 bridgehead atoms. The Hall–Kier alpha value is -1.81. The fourth-order valence-corrected chi connectivity index (χ4v) is 1.51. The van der Waals surface area contributed by atoms with Gasteiger partial charge in [-0.2, -0.15) is 0 Å². The Balaban J connectivity index is 2.39. The maximum atomic E-state index is 10.9. The molecule has 21 heavy (non-hydrogen) atoms. The molecule has 0 aromatic heterocycles. The number of nitrogens with one attached hydrogen (secondary N) is 1. The lowest BCUT2D eigenvalue weighted by atomic mass is 10.2. The minimum atomic E-state index is -0.129. The van der Waals surface area contributed by atoms with Crippen molar-refractivity contribution in [3.05, 3.63) is 35.9 Å². The van der Waals surface area contributed by atoms with E-state index in [1.165, 1.54) is 6.92 Å². The SMILES string of the molecule is CC(=O)Nc1ccc(OC/C=C(\C)COC(C)(C)C)cc1. The summed E-state index contributed by atoms with van der Waals surface area (Å²) >= 11 is 0. The van der Waals surface area contributed by atoms with E-state index in [4.69, 9.17) is 9.47 Å². The minimum Gasteiger partial charge on any atom is -0.490 e. The zero-order chi connectivity index (χ0) is 15.9. The molecule has 0 heterocycles. The number of benzene rings is 1. The summed E-state index contributed by atoms with van der Waals surface area (Å²) in [6, 6.07) is 7.30. The first kappa shape index (κ1) is 17.2. The molecule has 0 spiro atoms. The van der Waals surface area contributed by atoms with Crippen LogP contribution in [0.25, 0.3) is 0 Å². The molecule has 0 saturated heterocycles. The maximum Gasteiger partial charge on any atom is 0.221 e. The maximum absolute atomic E-state index is 10.9. The summed E-state index contributed by atoms with van der Waals surface area (Å²) in [5.74, 6) is 0.686. The summed E-state index contributed by atoms with van der Waals surface area (Å²) in [6.07, 6.45) is 2.01. The van der Waals surface area contributed by atoms with E-state index in [0.717, 1.165) is 17.0 Å². The molecule has 1 N–H and O–H groups in total. The van der Waals surface area contributed by atoms with Gasteiger partial charge in [-0.1, -0.05) is 0 Å². The van der Waals surface area contributed by atoms with Crippen LogP contribution in [0.4, 0.5) is 5.69 Å². The Labute approximate surface area is 127 Å². The highest BCUT2D eigenvalue weighted by atomic mass is 16.5. The number of rotatable bonds is 6. The van der Waals surface area contributed by atoms with Crippen molar-refractivity contribution in [3.8, 4) is 5.75 Å². The van der Waals surface area contributed by atoms with Crippen molar-refractivity contribution >= 4 is 11.6 Å². The number of amides is 1. The van der Waals surface area contributed by atoms with Gasteiger partial charge in [-0.3, -0.25) is 4.79 Å². The highest BCUT2D eigenvalue weighted by Gasteiger charge is 2.09. The van der Waals surface area contributed by atoms with Gasteiger partial charge in [0.05, 0.1) is 12.2 Å². The van der Waals surface area contributed by atoms with Crippen molar-refractivity contribution in [2.45, 2.75) is 40.2 Å². The number of carbonyl (C=O) groups is 1. The molecule has 4 heteroatoms. The number of ether oxygens (including phenoxy) is 2. The largest absolute Gasteiger partial charge is 0.490 e. The van der Waals surface area contributed by atoms with E-state index in [2.05, 4.69) is 5.32 Å². The van der Waals surface area contributed by atoms with Crippen molar-refractivity contribution in [3.63, 3.8) is 0 Å².